The summed E-state index contributed by atoms with van der Waals surface area (Å²) in [4.78, 5) is 0. The van der Waals surface area contributed by atoms with E-state index in [1.165, 1.54) is 30.8 Å². The minimum Gasteiger partial charge on any atom is -0.497 e. The molecule has 0 spiro atoms. The highest BCUT2D eigenvalue weighted by molar-refractivity contribution is 6.69. The Morgan fingerprint density at radius 1 is 0.980 bits per heavy atom. The molecule has 0 aliphatic heterocycles. The van der Waals surface area contributed by atoms with Crippen LogP contribution in [-0.4, -0.2) is 49.0 Å². The lowest BCUT2D eigenvalue weighted by Crippen LogP contribution is -2.62. The van der Waals surface area contributed by atoms with Gasteiger partial charge in [0.1, 0.15) is 5.75 Å². The van der Waals surface area contributed by atoms with Gasteiger partial charge in [0.15, 0.2) is 17.4 Å². The fraction of sp³-hybridized carbons (Fsp3) is 0.789. The number of alkyl halides is 6. The molecule has 2 saturated carbocycles. The first-order valence-electron chi connectivity index (χ1n) is 18.2. The molecular weight excluding hydrogens is 675 g/mol. The molecule has 49 heavy (non-hydrogen) atoms. The van der Waals surface area contributed by atoms with Crippen LogP contribution in [0, 0.1) is 34.0 Å². The minimum absolute atomic E-state index is 0.0468. The molecule has 1 aromatic carbocycles. The van der Waals surface area contributed by atoms with Gasteiger partial charge in [0.05, 0.1) is 7.11 Å². The third-order valence-corrected chi connectivity index (χ3v) is 13.9. The van der Waals surface area contributed by atoms with Crippen molar-refractivity contribution in [3.63, 3.8) is 0 Å². The van der Waals surface area contributed by atoms with Gasteiger partial charge in [-0.3, -0.25) is 0 Å². The van der Waals surface area contributed by atoms with Gasteiger partial charge < -0.3 is 13.6 Å². The van der Waals surface area contributed by atoms with E-state index in [1.807, 2.05) is 6.07 Å². The minimum atomic E-state index is -5.56. The summed E-state index contributed by atoms with van der Waals surface area (Å²) < 4.78 is 103. The average Bonchev–Trinajstić information content (AvgIpc) is 3.37. The van der Waals surface area contributed by atoms with Crippen LogP contribution >= 0.6 is 0 Å². The first-order chi connectivity index (χ1) is 22.5. The molecule has 0 radical (unpaired) electrons. The molecule has 280 valence electrons. The Morgan fingerprint density at radius 2 is 1.63 bits per heavy atom. The number of hydrogen-bond donors (Lipinski definition) is 0. The van der Waals surface area contributed by atoms with Gasteiger partial charge in [0, 0.05) is 6.61 Å². The second kappa shape index (κ2) is 14.3. The number of methoxy groups -OCH3 is 1. The number of rotatable bonds is 13. The molecule has 0 amide bonds. The normalized spacial score (nSPS) is 29.4. The highest BCUT2D eigenvalue weighted by Crippen LogP contribution is 2.73. The van der Waals surface area contributed by atoms with E-state index in [9.17, 15) is 26.3 Å². The molecule has 3 nitrogen and oxygen atoms in total. The molecule has 0 unspecified atom stereocenters. The lowest BCUT2D eigenvalue weighted by atomic mass is 9.42. The summed E-state index contributed by atoms with van der Waals surface area (Å²) in [5.74, 6) is 1.95. The van der Waals surface area contributed by atoms with E-state index < -0.39 is 41.7 Å². The molecular formula is C38H60F6O3Si2. The molecule has 1 aromatic rings. The van der Waals surface area contributed by atoms with Crippen molar-refractivity contribution in [2.75, 3.05) is 13.7 Å². The summed E-state index contributed by atoms with van der Waals surface area (Å²) >= 11 is 0. The standard InChI is InChI=1S/C38H60F6O3Si2/c1-11-34-22-20-26-23-28(45-5)16-17-29(26)32(34)27(24-35(25-46-48(6)7)30(33(2,3)4)18-19-31(34)35)15-13-12-14-21-36(37(39,40)41,38(42,43)44)47-49(8,9)10/h11,16-17,23,27,30-32,48H,1,12-15,18-22,24-25H2,2-10H3/t27-,30+,31-,32+,34-,35-/m0/s1. The molecule has 11 heteroatoms. The third kappa shape index (κ3) is 7.75. The van der Waals surface area contributed by atoms with Crippen molar-refractivity contribution < 1.29 is 39.9 Å². The van der Waals surface area contributed by atoms with Gasteiger partial charge in [-0.05, 0) is 147 Å². The van der Waals surface area contributed by atoms with Crippen LogP contribution in [-0.2, 0) is 15.3 Å². The Kier molecular flexibility index (Phi) is 11.8. The summed E-state index contributed by atoms with van der Waals surface area (Å²) in [6.45, 7) is 20.7. The van der Waals surface area contributed by atoms with E-state index in [0.717, 1.165) is 44.3 Å². The monoisotopic (exact) mass is 734 g/mol. The number of hydrogen-bond acceptors (Lipinski definition) is 3. The Bertz CT molecular complexity index is 1290. The molecule has 0 aromatic heterocycles. The smallest absolute Gasteiger partial charge is 0.425 e. The quantitative estimate of drug-likeness (QED) is 0.0874. The van der Waals surface area contributed by atoms with Crippen molar-refractivity contribution in [3.05, 3.63) is 42.0 Å². The topological polar surface area (TPSA) is 27.7 Å². The summed E-state index contributed by atoms with van der Waals surface area (Å²) in [6, 6.07) is 6.34. The van der Waals surface area contributed by atoms with Crippen LogP contribution < -0.4 is 4.74 Å². The van der Waals surface area contributed by atoms with Crippen molar-refractivity contribution in [1.82, 2.24) is 0 Å². The zero-order valence-corrected chi connectivity index (χ0v) is 33.3. The van der Waals surface area contributed by atoms with Gasteiger partial charge in [-0.15, -0.1) is 6.58 Å². The van der Waals surface area contributed by atoms with Gasteiger partial charge in [0.25, 0.3) is 0 Å². The highest BCUT2D eigenvalue weighted by Gasteiger charge is 2.72. The van der Waals surface area contributed by atoms with Crippen LogP contribution in [0.1, 0.15) is 95.6 Å². The molecule has 0 bridgehead atoms. The van der Waals surface area contributed by atoms with Gasteiger partial charge in [0.2, 0.25) is 5.60 Å². The predicted octanol–water partition coefficient (Wildman–Crippen LogP) is 11.6. The summed E-state index contributed by atoms with van der Waals surface area (Å²) in [7, 11) is -2.90. The molecule has 6 atom stereocenters. The maximum absolute atomic E-state index is 14.2. The van der Waals surface area contributed by atoms with E-state index in [0.29, 0.717) is 24.9 Å². The summed E-state index contributed by atoms with van der Waals surface area (Å²) in [5.41, 5.74) is -1.81. The largest absolute Gasteiger partial charge is 0.497 e. The highest BCUT2D eigenvalue weighted by atomic mass is 28.4. The Labute approximate surface area is 293 Å². The van der Waals surface area contributed by atoms with Crippen molar-refractivity contribution >= 4 is 17.4 Å². The number of allylic oxidation sites excluding steroid dienone is 1. The predicted molar refractivity (Wildman–Crippen MR) is 190 cm³/mol. The van der Waals surface area contributed by atoms with Crippen molar-refractivity contribution in [3.8, 4) is 5.75 Å². The van der Waals surface area contributed by atoms with E-state index >= 15 is 0 Å². The lowest BCUT2D eigenvalue weighted by molar-refractivity contribution is -0.362. The molecule has 3 aliphatic carbocycles. The molecule has 0 heterocycles. The molecule has 2 fully saturated rings. The zero-order valence-electron chi connectivity index (χ0n) is 31.2. The van der Waals surface area contributed by atoms with Gasteiger partial charge >= 0.3 is 12.4 Å². The SMILES string of the molecule is C=C[C@@]12CCc3cc(OC)ccc3[C@H]1[C@@H](CCCCCC(O[Si](C)(C)C)(C(F)(F)F)C(F)(F)F)C[C@]1(CO[SiH](C)C)[C@@H](C(C)(C)C)CC[C@@H]21. The maximum Gasteiger partial charge on any atom is 0.425 e. The average molecular weight is 735 g/mol. The molecule has 0 N–H and O–H groups in total. The fourth-order valence-corrected chi connectivity index (χ4v) is 12.6. The van der Waals surface area contributed by atoms with E-state index in [-0.39, 0.29) is 40.9 Å². The van der Waals surface area contributed by atoms with Crippen LogP contribution in [0.5, 0.6) is 5.75 Å². The second-order valence-electron chi connectivity index (χ2n) is 17.6. The zero-order chi connectivity index (χ0) is 36.8. The lowest BCUT2D eigenvalue weighted by Gasteiger charge is -2.63. The molecule has 0 saturated heterocycles. The van der Waals surface area contributed by atoms with Crippen LogP contribution in [0.2, 0.25) is 32.7 Å². The molecule has 3 aliphatic rings. The number of benzene rings is 1. The number of halogens is 6. The number of ether oxygens (including phenoxy) is 1. The van der Waals surface area contributed by atoms with Gasteiger partial charge in [-0.2, -0.15) is 26.3 Å². The number of aryl methyl sites for hydroxylation is 1. The van der Waals surface area contributed by atoms with Crippen LogP contribution in [0.15, 0.2) is 30.9 Å². The first-order valence-corrected chi connectivity index (χ1v) is 24.4. The Balaban J connectivity index is 1.70. The first kappa shape index (κ1) is 40.5. The number of unbranched alkanes of at least 4 members (excludes halogenated alkanes) is 2. The van der Waals surface area contributed by atoms with E-state index in [2.05, 4.69) is 58.7 Å². The van der Waals surface area contributed by atoms with Crippen molar-refractivity contribution in [1.29, 1.82) is 0 Å². The van der Waals surface area contributed by atoms with Crippen molar-refractivity contribution in [2.24, 2.45) is 34.0 Å². The van der Waals surface area contributed by atoms with Gasteiger partial charge in [-0.1, -0.05) is 45.8 Å². The summed E-state index contributed by atoms with van der Waals surface area (Å²) in [5, 5.41) is 0. The van der Waals surface area contributed by atoms with Gasteiger partial charge in [-0.25, -0.2) is 0 Å². The second-order valence-corrected chi connectivity index (χ2v) is 24.5. The van der Waals surface area contributed by atoms with E-state index in [4.69, 9.17) is 13.6 Å². The van der Waals surface area contributed by atoms with Crippen LogP contribution in [0.4, 0.5) is 26.3 Å². The fourth-order valence-electron chi connectivity index (χ4n) is 10.6. The summed E-state index contributed by atoms with van der Waals surface area (Å²) in [6.07, 6.45) is -3.72. The Hall–Kier alpha value is -1.31. The molecule has 4 rings (SSSR count). The number of fused-ring (bicyclic) bond motifs is 5. The Morgan fingerprint density at radius 3 is 2.16 bits per heavy atom. The van der Waals surface area contributed by atoms with Crippen LogP contribution in [0.25, 0.3) is 0 Å². The van der Waals surface area contributed by atoms with E-state index in [1.54, 1.807) is 7.11 Å². The third-order valence-electron chi connectivity index (χ3n) is 12.1. The van der Waals surface area contributed by atoms with Crippen molar-refractivity contribution in [2.45, 2.75) is 142 Å². The van der Waals surface area contributed by atoms with Crippen LogP contribution in [0.3, 0.4) is 0 Å². The maximum atomic E-state index is 14.2.